The summed E-state index contributed by atoms with van der Waals surface area (Å²) < 4.78 is 0. The number of benzene rings is 1. The lowest BCUT2D eigenvalue weighted by Gasteiger charge is -2.13. The molecule has 0 fully saturated rings. The molecule has 1 aliphatic heterocycles. The van der Waals surface area contributed by atoms with E-state index < -0.39 is 0 Å². The van der Waals surface area contributed by atoms with Gasteiger partial charge in [0.2, 0.25) is 0 Å². The predicted molar refractivity (Wildman–Crippen MR) is 92.7 cm³/mol. The third kappa shape index (κ3) is 4.90. The van der Waals surface area contributed by atoms with Gasteiger partial charge in [0.25, 0.3) is 11.8 Å². The maximum atomic E-state index is 12.2. The highest BCUT2D eigenvalue weighted by Gasteiger charge is 2.34. The van der Waals surface area contributed by atoms with Gasteiger partial charge in [0, 0.05) is 6.54 Å². The SMILES string of the molecule is CN(C)CCCCCCCCCN1C(=O)c2ccccc2C1=O. The van der Waals surface area contributed by atoms with Crippen molar-refractivity contribution < 1.29 is 9.59 Å². The van der Waals surface area contributed by atoms with E-state index in [1.54, 1.807) is 12.1 Å². The Hall–Kier alpha value is -1.68. The third-order valence-corrected chi connectivity index (χ3v) is 4.37. The zero-order valence-electron chi connectivity index (χ0n) is 14.4. The summed E-state index contributed by atoms with van der Waals surface area (Å²) in [6.45, 7) is 1.71. The lowest BCUT2D eigenvalue weighted by Crippen LogP contribution is -2.30. The third-order valence-electron chi connectivity index (χ3n) is 4.37. The van der Waals surface area contributed by atoms with Gasteiger partial charge in [-0.25, -0.2) is 0 Å². The summed E-state index contributed by atoms with van der Waals surface area (Å²) in [4.78, 5) is 28.0. The maximum Gasteiger partial charge on any atom is 0.261 e. The van der Waals surface area contributed by atoms with Crippen LogP contribution in [0.15, 0.2) is 24.3 Å². The highest BCUT2D eigenvalue weighted by molar-refractivity contribution is 6.21. The van der Waals surface area contributed by atoms with Crippen molar-refractivity contribution in [1.29, 1.82) is 0 Å². The standard InChI is InChI=1S/C19H28N2O2/c1-20(2)14-10-6-4-3-5-7-11-15-21-18(22)16-12-8-9-13-17(16)19(21)23/h8-9,12-13H,3-7,10-11,14-15H2,1-2H3. The molecule has 0 saturated carbocycles. The molecule has 0 atom stereocenters. The summed E-state index contributed by atoms with van der Waals surface area (Å²) >= 11 is 0. The molecule has 1 aliphatic rings. The molecule has 0 N–H and O–H groups in total. The van der Waals surface area contributed by atoms with Crippen LogP contribution in [0.3, 0.4) is 0 Å². The first-order valence-electron chi connectivity index (χ1n) is 8.71. The number of rotatable bonds is 10. The second-order valence-electron chi connectivity index (χ2n) is 6.59. The van der Waals surface area contributed by atoms with Crippen molar-refractivity contribution >= 4 is 11.8 Å². The highest BCUT2D eigenvalue weighted by Crippen LogP contribution is 2.22. The van der Waals surface area contributed by atoms with E-state index in [9.17, 15) is 9.59 Å². The second-order valence-corrected chi connectivity index (χ2v) is 6.59. The van der Waals surface area contributed by atoms with Crippen LogP contribution in [0.4, 0.5) is 0 Å². The topological polar surface area (TPSA) is 40.6 Å². The van der Waals surface area contributed by atoms with E-state index in [1.807, 2.05) is 12.1 Å². The Kier molecular flexibility index (Phi) is 6.78. The fourth-order valence-electron chi connectivity index (χ4n) is 3.02. The molecule has 2 rings (SSSR count). The van der Waals surface area contributed by atoms with E-state index in [0.717, 1.165) is 12.8 Å². The zero-order valence-corrected chi connectivity index (χ0v) is 14.4. The number of imide groups is 1. The van der Waals surface area contributed by atoms with E-state index in [2.05, 4.69) is 19.0 Å². The van der Waals surface area contributed by atoms with Crippen molar-refractivity contribution in [2.45, 2.75) is 44.9 Å². The maximum absolute atomic E-state index is 12.2. The van der Waals surface area contributed by atoms with Gasteiger partial charge in [0.15, 0.2) is 0 Å². The Morgan fingerprint density at radius 1 is 0.783 bits per heavy atom. The minimum atomic E-state index is -0.130. The number of fused-ring (bicyclic) bond motifs is 1. The monoisotopic (exact) mass is 316 g/mol. The molecule has 23 heavy (non-hydrogen) atoms. The van der Waals surface area contributed by atoms with Crippen molar-refractivity contribution in [1.82, 2.24) is 9.80 Å². The van der Waals surface area contributed by atoms with Gasteiger partial charge < -0.3 is 4.90 Å². The molecule has 0 spiro atoms. The summed E-state index contributed by atoms with van der Waals surface area (Å²) in [5.74, 6) is -0.261. The highest BCUT2D eigenvalue weighted by atomic mass is 16.2. The Morgan fingerprint density at radius 3 is 1.78 bits per heavy atom. The Labute approximate surface area is 139 Å². The number of hydrogen-bond donors (Lipinski definition) is 0. The molecule has 0 aromatic heterocycles. The van der Waals surface area contributed by atoms with E-state index in [0.29, 0.717) is 17.7 Å². The summed E-state index contributed by atoms with van der Waals surface area (Å²) in [6, 6.07) is 7.10. The number of nitrogens with zero attached hydrogens (tertiary/aromatic N) is 2. The lowest BCUT2D eigenvalue weighted by molar-refractivity contribution is 0.0651. The summed E-state index contributed by atoms with van der Waals surface area (Å²) in [5.41, 5.74) is 1.11. The average molecular weight is 316 g/mol. The van der Waals surface area contributed by atoms with Crippen molar-refractivity contribution in [2.24, 2.45) is 0 Å². The molecule has 0 aliphatic carbocycles. The summed E-state index contributed by atoms with van der Waals surface area (Å²) in [6.07, 6.45) is 8.25. The molecular weight excluding hydrogens is 288 g/mol. The minimum absolute atomic E-state index is 0.130. The number of hydrogen-bond acceptors (Lipinski definition) is 3. The Bertz CT molecular complexity index is 505. The van der Waals surface area contributed by atoms with Crippen LogP contribution in [-0.4, -0.2) is 48.8 Å². The van der Waals surface area contributed by atoms with Crippen LogP contribution < -0.4 is 0 Å². The minimum Gasteiger partial charge on any atom is -0.309 e. The fraction of sp³-hybridized carbons (Fsp3) is 0.579. The molecule has 1 aromatic carbocycles. The van der Waals surface area contributed by atoms with E-state index in [4.69, 9.17) is 0 Å². The number of carbonyl (C=O) groups is 2. The first-order valence-corrected chi connectivity index (χ1v) is 8.71. The van der Waals surface area contributed by atoms with Crippen LogP contribution in [0.25, 0.3) is 0 Å². The fourth-order valence-corrected chi connectivity index (χ4v) is 3.02. The second kappa shape index (κ2) is 8.82. The number of carbonyl (C=O) groups excluding carboxylic acids is 2. The van der Waals surface area contributed by atoms with Gasteiger partial charge in [-0.2, -0.15) is 0 Å². The van der Waals surface area contributed by atoms with Crippen LogP contribution in [0.2, 0.25) is 0 Å². The van der Waals surface area contributed by atoms with Crippen LogP contribution in [0.1, 0.15) is 65.7 Å². The van der Waals surface area contributed by atoms with E-state index >= 15 is 0 Å². The quantitative estimate of drug-likeness (QED) is 0.489. The van der Waals surface area contributed by atoms with Crippen LogP contribution in [-0.2, 0) is 0 Å². The van der Waals surface area contributed by atoms with Gasteiger partial charge in [0.1, 0.15) is 0 Å². The van der Waals surface area contributed by atoms with Gasteiger partial charge in [0.05, 0.1) is 11.1 Å². The Balaban J connectivity index is 1.59. The molecule has 2 amide bonds. The zero-order chi connectivity index (χ0) is 16.7. The number of amides is 2. The average Bonchev–Trinajstić information content (AvgIpc) is 2.78. The van der Waals surface area contributed by atoms with Crippen molar-refractivity contribution in [3.8, 4) is 0 Å². The molecular formula is C19H28N2O2. The van der Waals surface area contributed by atoms with Gasteiger partial charge in [-0.05, 0) is 45.6 Å². The largest absolute Gasteiger partial charge is 0.309 e. The molecule has 1 aromatic rings. The van der Waals surface area contributed by atoms with Crippen molar-refractivity contribution in [3.63, 3.8) is 0 Å². The van der Waals surface area contributed by atoms with Gasteiger partial charge in [-0.1, -0.05) is 44.2 Å². The smallest absolute Gasteiger partial charge is 0.261 e. The molecule has 4 nitrogen and oxygen atoms in total. The van der Waals surface area contributed by atoms with Crippen molar-refractivity contribution in [2.75, 3.05) is 27.2 Å². The molecule has 126 valence electrons. The summed E-state index contributed by atoms with van der Waals surface area (Å²) in [7, 11) is 4.22. The normalized spacial score (nSPS) is 14.0. The Morgan fingerprint density at radius 2 is 1.26 bits per heavy atom. The first-order chi connectivity index (χ1) is 11.1. The van der Waals surface area contributed by atoms with Gasteiger partial charge in [-0.3, -0.25) is 14.5 Å². The molecule has 1 heterocycles. The van der Waals surface area contributed by atoms with Gasteiger partial charge >= 0.3 is 0 Å². The van der Waals surface area contributed by atoms with Crippen LogP contribution >= 0.6 is 0 Å². The molecule has 0 unspecified atom stereocenters. The lowest BCUT2D eigenvalue weighted by atomic mass is 10.1. The molecule has 0 radical (unpaired) electrons. The molecule has 0 bridgehead atoms. The number of unbranched alkanes of at least 4 members (excludes halogenated alkanes) is 6. The first kappa shape index (κ1) is 17.7. The van der Waals surface area contributed by atoms with E-state index in [-0.39, 0.29) is 11.8 Å². The summed E-state index contributed by atoms with van der Waals surface area (Å²) in [5, 5.41) is 0. The van der Waals surface area contributed by atoms with Gasteiger partial charge in [-0.15, -0.1) is 0 Å². The van der Waals surface area contributed by atoms with Crippen molar-refractivity contribution in [3.05, 3.63) is 35.4 Å². The molecule has 4 heteroatoms. The van der Waals surface area contributed by atoms with Crippen LogP contribution in [0, 0.1) is 0 Å². The van der Waals surface area contributed by atoms with E-state index in [1.165, 1.54) is 43.5 Å². The van der Waals surface area contributed by atoms with Crippen LogP contribution in [0.5, 0.6) is 0 Å². The predicted octanol–water partition coefficient (Wildman–Crippen LogP) is 3.57. The molecule has 0 saturated heterocycles.